The lowest BCUT2D eigenvalue weighted by Gasteiger charge is -2.33. The second kappa shape index (κ2) is 7.92. The van der Waals surface area contributed by atoms with Crippen LogP contribution in [0.25, 0.3) is 0 Å². The van der Waals surface area contributed by atoms with Gasteiger partial charge in [0.05, 0.1) is 11.6 Å². The smallest absolute Gasteiger partial charge is 0.0991 e. The Morgan fingerprint density at radius 2 is 1.74 bits per heavy atom. The van der Waals surface area contributed by atoms with Gasteiger partial charge in [-0.3, -0.25) is 0 Å². The van der Waals surface area contributed by atoms with Crippen molar-refractivity contribution in [2.24, 2.45) is 5.41 Å². The molecule has 0 bridgehead atoms. The van der Waals surface area contributed by atoms with Gasteiger partial charge in [0.2, 0.25) is 0 Å². The average molecular weight is 308 g/mol. The Labute approximate surface area is 138 Å². The van der Waals surface area contributed by atoms with E-state index in [4.69, 9.17) is 5.26 Å². The Morgan fingerprint density at radius 3 is 2.30 bits per heavy atom. The first-order chi connectivity index (χ1) is 11.1. The maximum absolute atomic E-state index is 9.74. The summed E-state index contributed by atoms with van der Waals surface area (Å²) in [7, 11) is 0. The molecular formula is C20H24N2O. The molecule has 0 spiro atoms. The summed E-state index contributed by atoms with van der Waals surface area (Å²) in [5, 5.41) is 22.1. The summed E-state index contributed by atoms with van der Waals surface area (Å²) in [5.41, 5.74) is 2.87. The van der Waals surface area contributed by atoms with Crippen molar-refractivity contribution in [3.8, 4) is 6.07 Å². The van der Waals surface area contributed by atoms with Crippen molar-refractivity contribution in [3.63, 3.8) is 0 Å². The molecule has 0 fully saturated rings. The lowest BCUT2D eigenvalue weighted by atomic mass is 9.75. The summed E-state index contributed by atoms with van der Waals surface area (Å²) in [6.45, 7) is 5.86. The fourth-order valence-corrected chi connectivity index (χ4v) is 2.70. The fraction of sp³-hybridized carbons (Fsp3) is 0.350. The van der Waals surface area contributed by atoms with Gasteiger partial charge in [-0.05, 0) is 28.7 Å². The summed E-state index contributed by atoms with van der Waals surface area (Å²) < 4.78 is 0. The molecule has 3 nitrogen and oxygen atoms in total. The molecule has 0 aliphatic carbocycles. The molecule has 3 heteroatoms. The first-order valence-corrected chi connectivity index (χ1v) is 7.92. The van der Waals surface area contributed by atoms with Gasteiger partial charge in [0.1, 0.15) is 0 Å². The standard InChI is InChI=1S/C20H24N2O/c1-20(2,15-23)19(18-6-4-3-5-7-18)14-22-13-17-10-8-16(12-21)9-11-17/h3-11,19,22-23H,13-15H2,1-2H3. The first-order valence-electron chi connectivity index (χ1n) is 7.92. The molecule has 2 aromatic rings. The number of nitrogens with one attached hydrogen (secondary N) is 1. The number of hydrogen-bond acceptors (Lipinski definition) is 3. The van der Waals surface area contributed by atoms with Crippen molar-refractivity contribution in [3.05, 3.63) is 71.3 Å². The van der Waals surface area contributed by atoms with Crippen LogP contribution >= 0.6 is 0 Å². The summed E-state index contributed by atoms with van der Waals surface area (Å²) in [5.74, 6) is 0.229. The number of benzene rings is 2. The zero-order valence-electron chi connectivity index (χ0n) is 13.8. The topological polar surface area (TPSA) is 56.0 Å². The molecule has 23 heavy (non-hydrogen) atoms. The van der Waals surface area contributed by atoms with Crippen molar-refractivity contribution < 1.29 is 5.11 Å². The van der Waals surface area contributed by atoms with E-state index in [0.29, 0.717) is 5.56 Å². The molecule has 0 amide bonds. The number of rotatable bonds is 7. The minimum Gasteiger partial charge on any atom is -0.396 e. The second-order valence-electron chi connectivity index (χ2n) is 6.55. The van der Waals surface area contributed by atoms with Crippen molar-refractivity contribution in [2.75, 3.05) is 13.2 Å². The summed E-state index contributed by atoms with van der Waals surface area (Å²) in [6, 6.07) is 20.1. The third-order valence-corrected chi connectivity index (χ3v) is 4.31. The molecule has 2 rings (SSSR count). The van der Waals surface area contributed by atoms with Gasteiger partial charge < -0.3 is 10.4 Å². The van der Waals surface area contributed by atoms with Crippen LogP contribution in [-0.2, 0) is 6.54 Å². The van der Waals surface area contributed by atoms with E-state index in [2.05, 4.69) is 37.4 Å². The van der Waals surface area contributed by atoms with Crippen molar-refractivity contribution in [1.29, 1.82) is 5.26 Å². The third kappa shape index (κ3) is 4.66. The molecule has 0 heterocycles. The summed E-state index contributed by atoms with van der Waals surface area (Å²) >= 11 is 0. The van der Waals surface area contributed by atoms with E-state index in [1.54, 1.807) is 0 Å². The van der Waals surface area contributed by atoms with Gasteiger partial charge in [-0.2, -0.15) is 5.26 Å². The Balaban J connectivity index is 2.02. The molecule has 0 aromatic heterocycles. The Hall–Kier alpha value is -2.15. The molecular weight excluding hydrogens is 284 g/mol. The zero-order valence-corrected chi connectivity index (χ0v) is 13.8. The van der Waals surface area contributed by atoms with E-state index in [1.807, 2.05) is 42.5 Å². The molecule has 0 radical (unpaired) electrons. The normalized spacial score (nSPS) is 12.6. The van der Waals surface area contributed by atoms with Crippen molar-refractivity contribution >= 4 is 0 Å². The van der Waals surface area contributed by atoms with Crippen LogP contribution in [0.4, 0.5) is 0 Å². The molecule has 1 unspecified atom stereocenters. The molecule has 0 saturated heterocycles. The average Bonchev–Trinajstić information content (AvgIpc) is 2.60. The van der Waals surface area contributed by atoms with Crippen LogP contribution in [0.3, 0.4) is 0 Å². The van der Waals surface area contributed by atoms with Gasteiger partial charge in [0, 0.05) is 25.6 Å². The van der Waals surface area contributed by atoms with Gasteiger partial charge in [-0.15, -0.1) is 0 Å². The van der Waals surface area contributed by atoms with Gasteiger partial charge in [-0.1, -0.05) is 56.3 Å². The molecule has 2 N–H and O–H groups in total. The van der Waals surface area contributed by atoms with E-state index < -0.39 is 0 Å². The Kier molecular flexibility index (Phi) is 5.92. The third-order valence-electron chi connectivity index (χ3n) is 4.31. The highest BCUT2D eigenvalue weighted by atomic mass is 16.3. The highest BCUT2D eigenvalue weighted by molar-refractivity contribution is 5.31. The van der Waals surface area contributed by atoms with E-state index >= 15 is 0 Å². The highest BCUT2D eigenvalue weighted by Crippen LogP contribution is 2.34. The number of aliphatic hydroxyl groups is 1. The fourth-order valence-electron chi connectivity index (χ4n) is 2.70. The SMILES string of the molecule is CC(C)(CO)C(CNCc1ccc(C#N)cc1)c1ccccc1. The van der Waals surface area contributed by atoms with Crippen molar-refractivity contribution in [2.45, 2.75) is 26.3 Å². The predicted molar refractivity (Wildman–Crippen MR) is 92.9 cm³/mol. The molecule has 0 aliphatic rings. The van der Waals surface area contributed by atoms with Crippen LogP contribution in [0.2, 0.25) is 0 Å². The number of aliphatic hydroxyl groups excluding tert-OH is 1. The van der Waals surface area contributed by atoms with E-state index in [-0.39, 0.29) is 17.9 Å². The van der Waals surface area contributed by atoms with Crippen LogP contribution in [0.5, 0.6) is 0 Å². The highest BCUT2D eigenvalue weighted by Gasteiger charge is 2.29. The van der Waals surface area contributed by atoms with Crippen LogP contribution < -0.4 is 5.32 Å². The summed E-state index contributed by atoms with van der Waals surface area (Å²) in [4.78, 5) is 0. The molecule has 0 aliphatic heterocycles. The van der Waals surface area contributed by atoms with Crippen LogP contribution in [0.1, 0.15) is 36.5 Å². The minimum atomic E-state index is -0.195. The van der Waals surface area contributed by atoms with Crippen LogP contribution in [0, 0.1) is 16.7 Å². The number of hydrogen-bond donors (Lipinski definition) is 2. The summed E-state index contributed by atoms with van der Waals surface area (Å²) in [6.07, 6.45) is 0. The lowest BCUT2D eigenvalue weighted by Crippen LogP contribution is -2.34. The number of nitriles is 1. The first kappa shape index (κ1) is 17.2. The molecule has 0 saturated carbocycles. The van der Waals surface area contributed by atoms with E-state index in [1.165, 1.54) is 5.56 Å². The van der Waals surface area contributed by atoms with Gasteiger partial charge >= 0.3 is 0 Å². The van der Waals surface area contributed by atoms with Crippen LogP contribution in [-0.4, -0.2) is 18.3 Å². The predicted octanol–water partition coefficient (Wildman–Crippen LogP) is 3.45. The quantitative estimate of drug-likeness (QED) is 0.823. The monoisotopic (exact) mass is 308 g/mol. The van der Waals surface area contributed by atoms with Crippen LogP contribution in [0.15, 0.2) is 54.6 Å². The molecule has 1 atom stereocenters. The largest absolute Gasteiger partial charge is 0.396 e. The van der Waals surface area contributed by atoms with Crippen molar-refractivity contribution in [1.82, 2.24) is 5.32 Å². The van der Waals surface area contributed by atoms with Gasteiger partial charge in [0.25, 0.3) is 0 Å². The van der Waals surface area contributed by atoms with E-state index in [9.17, 15) is 5.11 Å². The van der Waals surface area contributed by atoms with Gasteiger partial charge in [0.15, 0.2) is 0 Å². The second-order valence-corrected chi connectivity index (χ2v) is 6.55. The van der Waals surface area contributed by atoms with Gasteiger partial charge in [-0.25, -0.2) is 0 Å². The Morgan fingerprint density at radius 1 is 1.09 bits per heavy atom. The molecule has 2 aromatic carbocycles. The Bertz CT molecular complexity index is 642. The minimum absolute atomic E-state index is 0.144. The number of nitrogens with zero attached hydrogens (tertiary/aromatic N) is 1. The maximum Gasteiger partial charge on any atom is 0.0991 e. The molecule has 120 valence electrons. The maximum atomic E-state index is 9.74. The van der Waals surface area contributed by atoms with E-state index in [0.717, 1.165) is 18.7 Å². The zero-order chi connectivity index (χ0) is 16.7. The lowest BCUT2D eigenvalue weighted by molar-refractivity contribution is 0.129.